The quantitative estimate of drug-likeness (QED) is 0.820. The van der Waals surface area contributed by atoms with Gasteiger partial charge in [-0.05, 0) is 50.6 Å². The van der Waals surface area contributed by atoms with Gasteiger partial charge < -0.3 is 14.2 Å². The summed E-state index contributed by atoms with van der Waals surface area (Å²) in [4.78, 5) is 16.9. The molecular formula is C19H24FN5O2. The number of rotatable bonds is 4. The molecule has 144 valence electrons. The van der Waals surface area contributed by atoms with Gasteiger partial charge in [0.15, 0.2) is 12.4 Å². The van der Waals surface area contributed by atoms with E-state index in [0.29, 0.717) is 12.3 Å². The Bertz CT molecular complexity index is 807. The van der Waals surface area contributed by atoms with E-state index in [9.17, 15) is 9.18 Å². The normalized spacial score (nSPS) is 20.4. The van der Waals surface area contributed by atoms with Gasteiger partial charge >= 0.3 is 0 Å². The minimum Gasteiger partial charge on any atom is -0.484 e. The molecule has 2 aliphatic rings. The molecule has 1 saturated heterocycles. The minimum atomic E-state index is -0.327. The average molecular weight is 373 g/mol. The van der Waals surface area contributed by atoms with Gasteiger partial charge in [0, 0.05) is 19.6 Å². The Morgan fingerprint density at radius 3 is 2.81 bits per heavy atom. The number of likely N-dealkylation sites (N-methyl/N-ethyl adjacent to an activating group) is 1. The fourth-order valence-electron chi connectivity index (χ4n) is 3.80. The average Bonchev–Trinajstić information content (AvgIpc) is 3.10. The van der Waals surface area contributed by atoms with Crippen molar-refractivity contribution in [2.24, 2.45) is 0 Å². The van der Waals surface area contributed by atoms with Crippen molar-refractivity contribution < 1.29 is 13.9 Å². The van der Waals surface area contributed by atoms with Crippen molar-refractivity contribution in [2.75, 3.05) is 26.7 Å². The molecule has 1 aromatic carbocycles. The number of ether oxygens (including phenoxy) is 1. The third-order valence-corrected chi connectivity index (χ3v) is 5.27. The number of amides is 1. The summed E-state index contributed by atoms with van der Waals surface area (Å²) >= 11 is 0. The van der Waals surface area contributed by atoms with Gasteiger partial charge in [0.2, 0.25) is 0 Å². The van der Waals surface area contributed by atoms with Gasteiger partial charge in [-0.2, -0.15) is 0 Å². The van der Waals surface area contributed by atoms with Crippen molar-refractivity contribution in [1.82, 2.24) is 24.6 Å². The predicted octanol–water partition coefficient (Wildman–Crippen LogP) is 2.00. The van der Waals surface area contributed by atoms with Crippen LogP contribution in [-0.2, 0) is 17.9 Å². The number of aromatic nitrogens is 3. The van der Waals surface area contributed by atoms with Crippen LogP contribution in [-0.4, -0.2) is 57.2 Å². The SMILES string of the molecule is CN1CCn2c(nnc2[C@H]2CCCCN2C(=O)COc2ccc(F)cc2)C1. The maximum atomic E-state index is 13.0. The first-order valence-corrected chi connectivity index (χ1v) is 9.40. The van der Waals surface area contributed by atoms with E-state index in [1.54, 1.807) is 0 Å². The van der Waals surface area contributed by atoms with Gasteiger partial charge in [-0.1, -0.05) is 0 Å². The summed E-state index contributed by atoms with van der Waals surface area (Å²) in [6.07, 6.45) is 2.92. The first kappa shape index (κ1) is 17.9. The smallest absolute Gasteiger partial charge is 0.261 e. The van der Waals surface area contributed by atoms with Crippen molar-refractivity contribution in [2.45, 2.75) is 38.4 Å². The van der Waals surface area contributed by atoms with Crippen LogP contribution >= 0.6 is 0 Å². The lowest BCUT2D eigenvalue weighted by Gasteiger charge is -2.36. The van der Waals surface area contributed by atoms with Crippen LogP contribution in [0.15, 0.2) is 24.3 Å². The second-order valence-electron chi connectivity index (χ2n) is 7.21. The zero-order valence-corrected chi connectivity index (χ0v) is 15.5. The van der Waals surface area contributed by atoms with Gasteiger partial charge in [0.05, 0.1) is 12.6 Å². The molecule has 0 N–H and O–H groups in total. The Kier molecular flexibility index (Phi) is 5.07. The Labute approximate surface area is 157 Å². The Morgan fingerprint density at radius 2 is 2.00 bits per heavy atom. The zero-order chi connectivity index (χ0) is 18.8. The molecule has 0 spiro atoms. The highest BCUT2D eigenvalue weighted by atomic mass is 19.1. The number of nitrogens with zero attached hydrogens (tertiary/aromatic N) is 5. The predicted molar refractivity (Wildman–Crippen MR) is 96.6 cm³/mol. The van der Waals surface area contributed by atoms with Crippen LogP contribution < -0.4 is 4.74 Å². The van der Waals surface area contributed by atoms with Crippen LogP contribution in [0, 0.1) is 5.82 Å². The fourth-order valence-corrected chi connectivity index (χ4v) is 3.80. The molecule has 0 saturated carbocycles. The summed E-state index contributed by atoms with van der Waals surface area (Å²) in [5, 5.41) is 8.77. The topological polar surface area (TPSA) is 63.5 Å². The third kappa shape index (κ3) is 3.80. The lowest BCUT2D eigenvalue weighted by molar-refractivity contribution is -0.137. The van der Waals surface area contributed by atoms with Crippen LogP contribution in [0.25, 0.3) is 0 Å². The van der Waals surface area contributed by atoms with Crippen LogP contribution in [0.5, 0.6) is 5.75 Å². The Morgan fingerprint density at radius 1 is 1.19 bits per heavy atom. The minimum absolute atomic E-state index is 0.0623. The summed E-state index contributed by atoms with van der Waals surface area (Å²) in [6.45, 7) is 3.21. The van der Waals surface area contributed by atoms with E-state index in [4.69, 9.17) is 4.74 Å². The monoisotopic (exact) mass is 373 g/mol. The Hall–Kier alpha value is -2.48. The Balaban J connectivity index is 1.47. The van der Waals surface area contributed by atoms with Crippen molar-refractivity contribution in [3.63, 3.8) is 0 Å². The fraction of sp³-hybridized carbons (Fsp3) is 0.526. The standard InChI is InChI=1S/C19H24FN5O2/c1-23-10-11-25-17(12-23)21-22-19(25)16-4-2-3-9-24(16)18(26)13-27-15-7-5-14(20)6-8-15/h5-8,16H,2-4,9-13H2,1H3/t16-/m1/s1. The molecule has 1 fully saturated rings. The molecule has 0 radical (unpaired) electrons. The van der Waals surface area contributed by atoms with E-state index in [0.717, 1.165) is 50.5 Å². The summed E-state index contributed by atoms with van der Waals surface area (Å²) in [6, 6.07) is 5.64. The van der Waals surface area contributed by atoms with E-state index < -0.39 is 0 Å². The van der Waals surface area contributed by atoms with E-state index in [1.807, 2.05) is 4.90 Å². The number of hydrogen-bond donors (Lipinski definition) is 0. The van der Waals surface area contributed by atoms with E-state index in [1.165, 1.54) is 24.3 Å². The highest BCUT2D eigenvalue weighted by Crippen LogP contribution is 2.31. The molecule has 1 atom stereocenters. The highest BCUT2D eigenvalue weighted by molar-refractivity contribution is 5.78. The van der Waals surface area contributed by atoms with Gasteiger partial charge in [0.1, 0.15) is 17.4 Å². The molecule has 27 heavy (non-hydrogen) atoms. The molecule has 8 heteroatoms. The van der Waals surface area contributed by atoms with Crippen molar-refractivity contribution in [1.29, 1.82) is 0 Å². The summed E-state index contributed by atoms with van der Waals surface area (Å²) < 4.78 is 20.7. The van der Waals surface area contributed by atoms with Gasteiger partial charge in [0.25, 0.3) is 5.91 Å². The molecule has 0 aliphatic carbocycles. The molecule has 1 amide bonds. The number of halogens is 1. The van der Waals surface area contributed by atoms with Crippen molar-refractivity contribution in [3.05, 3.63) is 41.7 Å². The maximum Gasteiger partial charge on any atom is 0.261 e. The van der Waals surface area contributed by atoms with Crippen LogP contribution in [0.2, 0.25) is 0 Å². The third-order valence-electron chi connectivity index (χ3n) is 5.27. The van der Waals surface area contributed by atoms with E-state index in [2.05, 4.69) is 26.7 Å². The van der Waals surface area contributed by atoms with E-state index >= 15 is 0 Å². The molecule has 0 unspecified atom stereocenters. The molecule has 3 heterocycles. The maximum absolute atomic E-state index is 13.0. The van der Waals surface area contributed by atoms with Gasteiger partial charge in [-0.3, -0.25) is 9.69 Å². The van der Waals surface area contributed by atoms with Crippen LogP contribution in [0.4, 0.5) is 4.39 Å². The number of benzene rings is 1. The number of carbonyl (C=O) groups excluding carboxylic acids is 1. The lowest BCUT2D eigenvalue weighted by atomic mass is 10.0. The second kappa shape index (κ2) is 7.64. The number of carbonyl (C=O) groups is 1. The first-order chi connectivity index (χ1) is 13.1. The van der Waals surface area contributed by atoms with Crippen LogP contribution in [0.1, 0.15) is 37.0 Å². The first-order valence-electron chi connectivity index (χ1n) is 9.40. The number of likely N-dealkylation sites (tertiary alicyclic amines) is 1. The molecule has 0 bridgehead atoms. The lowest BCUT2D eigenvalue weighted by Crippen LogP contribution is -2.42. The van der Waals surface area contributed by atoms with Gasteiger partial charge in [-0.25, -0.2) is 4.39 Å². The molecule has 7 nitrogen and oxygen atoms in total. The number of fused-ring (bicyclic) bond motifs is 1. The molecular weight excluding hydrogens is 349 g/mol. The summed E-state index contributed by atoms with van der Waals surface area (Å²) in [7, 11) is 2.07. The second-order valence-corrected chi connectivity index (χ2v) is 7.21. The number of piperidine rings is 1. The zero-order valence-electron chi connectivity index (χ0n) is 15.5. The van der Waals surface area contributed by atoms with Crippen molar-refractivity contribution in [3.8, 4) is 5.75 Å². The van der Waals surface area contributed by atoms with Gasteiger partial charge in [-0.15, -0.1) is 10.2 Å². The number of hydrogen-bond acceptors (Lipinski definition) is 5. The summed E-state index contributed by atoms with van der Waals surface area (Å²) in [5.74, 6) is 1.93. The largest absolute Gasteiger partial charge is 0.484 e. The molecule has 2 aliphatic heterocycles. The summed E-state index contributed by atoms with van der Waals surface area (Å²) in [5.41, 5.74) is 0. The molecule has 1 aromatic heterocycles. The highest BCUT2D eigenvalue weighted by Gasteiger charge is 2.33. The molecule has 4 rings (SSSR count). The molecule has 2 aromatic rings. The van der Waals surface area contributed by atoms with E-state index in [-0.39, 0.29) is 24.4 Å². The van der Waals surface area contributed by atoms with Crippen molar-refractivity contribution >= 4 is 5.91 Å². The van der Waals surface area contributed by atoms with Crippen LogP contribution in [0.3, 0.4) is 0 Å².